The van der Waals surface area contributed by atoms with Gasteiger partial charge in [0.05, 0.1) is 12.2 Å². The molecule has 1 saturated heterocycles. The van der Waals surface area contributed by atoms with Gasteiger partial charge in [-0.15, -0.1) is 0 Å². The maximum absolute atomic E-state index is 13.4. The number of esters is 1. The van der Waals surface area contributed by atoms with Crippen LogP contribution < -0.4 is 5.32 Å². The van der Waals surface area contributed by atoms with Gasteiger partial charge >= 0.3 is 5.97 Å². The lowest BCUT2D eigenvalue weighted by Gasteiger charge is -2.45. The van der Waals surface area contributed by atoms with Crippen molar-refractivity contribution in [3.8, 4) is 0 Å². The van der Waals surface area contributed by atoms with Crippen molar-refractivity contribution < 1.29 is 33.3 Å². The number of aliphatic hydroxyl groups is 1. The molecule has 4 aromatic rings. The molecule has 0 saturated carbocycles. The van der Waals surface area contributed by atoms with Crippen LogP contribution in [0.4, 0.5) is 0 Å². The Morgan fingerprint density at radius 3 is 1.71 bits per heavy atom. The summed E-state index contributed by atoms with van der Waals surface area (Å²) < 4.78 is 24.7. The molecule has 0 bridgehead atoms. The Morgan fingerprint density at radius 1 is 0.678 bits per heavy atom. The molecule has 5 atom stereocenters. The van der Waals surface area contributed by atoms with E-state index < -0.39 is 45.3 Å². The van der Waals surface area contributed by atoms with Crippen LogP contribution in [0.1, 0.15) is 122 Å². The second-order valence-corrected chi connectivity index (χ2v) is 20.1. The lowest BCUT2D eigenvalue weighted by molar-refractivity contribution is -0.259. The smallest absolute Gasteiger partial charge is 0.306 e. The number of benzene rings is 4. The summed E-state index contributed by atoms with van der Waals surface area (Å²) in [6.45, 7) is 9.97. The highest BCUT2D eigenvalue weighted by Gasteiger charge is 2.49. The summed E-state index contributed by atoms with van der Waals surface area (Å²) in [5.74, 6) is -0.547. The minimum atomic E-state index is -1.67. The lowest BCUT2D eigenvalue weighted by atomic mass is 9.96. The van der Waals surface area contributed by atoms with Crippen molar-refractivity contribution in [2.75, 3.05) is 6.61 Å². The molecule has 5 rings (SSSR count). The Morgan fingerprint density at radius 2 is 1.17 bits per heavy atom. The van der Waals surface area contributed by atoms with Crippen LogP contribution in [0.5, 0.6) is 0 Å². The van der Waals surface area contributed by atoms with Crippen LogP contribution >= 0.6 is 0 Å². The van der Waals surface area contributed by atoms with Gasteiger partial charge in [-0.25, -0.2) is 0 Å². The van der Waals surface area contributed by atoms with Crippen molar-refractivity contribution >= 4 is 42.5 Å². The van der Waals surface area contributed by atoms with E-state index in [9.17, 15) is 14.7 Å². The summed E-state index contributed by atoms with van der Waals surface area (Å²) in [5.41, 5.74) is 2.35. The third kappa shape index (κ3) is 15.4. The van der Waals surface area contributed by atoms with E-state index in [1.165, 1.54) is 32.7 Å². The molecule has 0 aliphatic carbocycles. The summed E-state index contributed by atoms with van der Waals surface area (Å²) in [7, 11) is -1.67. The fraction of sp³-hybridized carbons (Fsp3) is 0.560. The zero-order valence-corrected chi connectivity index (χ0v) is 37.6. The highest BCUT2D eigenvalue weighted by molar-refractivity contribution is 6.48. The van der Waals surface area contributed by atoms with Gasteiger partial charge < -0.3 is 29.1 Å². The summed E-state index contributed by atoms with van der Waals surface area (Å²) >= 11 is 0. The van der Waals surface area contributed by atoms with E-state index in [1.54, 1.807) is 0 Å². The summed E-state index contributed by atoms with van der Waals surface area (Å²) in [5, 5.41) is 19.9. The quantitative estimate of drug-likeness (QED) is 0.0412. The van der Waals surface area contributed by atoms with Crippen LogP contribution in [0, 0.1) is 0 Å². The van der Waals surface area contributed by atoms with Gasteiger partial charge in [0.2, 0.25) is 5.91 Å². The highest BCUT2D eigenvalue weighted by Crippen LogP contribution is 2.28. The van der Waals surface area contributed by atoms with E-state index >= 15 is 0 Å². The van der Waals surface area contributed by atoms with Crippen LogP contribution in [0.15, 0.2) is 84.9 Å². The number of carbonyl (C=O) groups excluding carboxylic acids is 2. The average molecular weight is 826 g/mol. The number of ether oxygens (including phenoxy) is 3. The van der Waals surface area contributed by atoms with Crippen LogP contribution in [0.3, 0.4) is 0 Å². The van der Waals surface area contributed by atoms with Gasteiger partial charge in [-0.1, -0.05) is 136 Å². The number of rotatable bonds is 24. The standard InChI is InChI=1S/C50H71NO7Si/c1-50(2,3)55-36-43-47(54)48(57-45(53)35-17-13-9-7-11-15-25-38-29-23-31-40-27-19-21-33-42(38)40)46(49(56-43)58-59(4)5)51-44(52)34-16-12-8-6-10-14-24-37-28-22-30-39-26-18-20-32-41(37)39/h18-23,26-33,43,46-49,54,59H,6-17,24-25,34-36H2,1-5H3,(H,51,52)/t43-,46-,47-,48-,49?/m1/s1. The third-order valence-electron chi connectivity index (χ3n) is 11.3. The van der Waals surface area contributed by atoms with Crippen LogP contribution in [0.25, 0.3) is 21.5 Å². The normalized spacial score (nSPS) is 19.7. The Balaban J connectivity index is 1.06. The fourth-order valence-electron chi connectivity index (χ4n) is 8.15. The number of hydrogen-bond acceptors (Lipinski definition) is 7. The third-order valence-corrected chi connectivity index (χ3v) is 12.1. The van der Waals surface area contributed by atoms with E-state index in [0.717, 1.165) is 83.5 Å². The Kier molecular flexibility index (Phi) is 18.9. The average Bonchev–Trinajstić information content (AvgIpc) is 3.21. The molecular formula is C50H71NO7Si. The molecule has 1 heterocycles. The Bertz CT molecular complexity index is 1860. The fourth-order valence-corrected chi connectivity index (χ4v) is 8.92. The predicted molar refractivity (Wildman–Crippen MR) is 242 cm³/mol. The highest BCUT2D eigenvalue weighted by atomic mass is 28.3. The number of hydrogen-bond donors (Lipinski definition) is 2. The number of aryl methyl sites for hydroxylation is 2. The van der Waals surface area contributed by atoms with Crippen molar-refractivity contribution in [1.82, 2.24) is 5.32 Å². The first-order chi connectivity index (χ1) is 28.5. The van der Waals surface area contributed by atoms with Gasteiger partial charge in [0.25, 0.3) is 0 Å². The second kappa shape index (κ2) is 24.0. The number of nitrogens with one attached hydrogen (secondary N) is 1. The van der Waals surface area contributed by atoms with E-state index in [1.807, 2.05) is 33.9 Å². The molecule has 0 spiro atoms. The van der Waals surface area contributed by atoms with Gasteiger partial charge in [0.15, 0.2) is 21.4 Å². The van der Waals surface area contributed by atoms with Crippen LogP contribution in [0.2, 0.25) is 13.1 Å². The minimum absolute atomic E-state index is 0.0985. The van der Waals surface area contributed by atoms with Crippen molar-refractivity contribution in [2.24, 2.45) is 0 Å². The van der Waals surface area contributed by atoms with E-state index in [-0.39, 0.29) is 24.9 Å². The molecule has 322 valence electrons. The Hall–Kier alpha value is -3.60. The molecule has 1 aliphatic heterocycles. The van der Waals surface area contributed by atoms with E-state index in [0.29, 0.717) is 12.8 Å². The zero-order chi connectivity index (χ0) is 42.0. The maximum Gasteiger partial charge on any atom is 0.306 e. The summed E-state index contributed by atoms with van der Waals surface area (Å²) in [6.07, 6.45) is 11.2. The molecule has 1 aliphatic rings. The van der Waals surface area contributed by atoms with Crippen molar-refractivity contribution in [1.29, 1.82) is 0 Å². The molecule has 0 aromatic heterocycles. The molecule has 1 fully saturated rings. The van der Waals surface area contributed by atoms with E-state index in [4.69, 9.17) is 18.6 Å². The number of aliphatic hydroxyl groups excluding tert-OH is 1. The van der Waals surface area contributed by atoms with Crippen molar-refractivity contribution in [3.05, 3.63) is 96.1 Å². The SMILES string of the molecule is C[SiH](C)OC1O[C@H](COC(C)(C)C)[C@@H](O)[C@H](OC(=O)CCCCCCCCc2cccc3ccccc23)[C@H]1NC(=O)CCCCCCCCc1cccc2ccccc12. The number of carbonyl (C=O) groups is 2. The lowest BCUT2D eigenvalue weighted by Crippen LogP contribution is -2.66. The van der Waals surface area contributed by atoms with Gasteiger partial charge in [-0.3, -0.25) is 9.59 Å². The molecule has 1 amide bonds. The van der Waals surface area contributed by atoms with Gasteiger partial charge in [-0.2, -0.15) is 0 Å². The van der Waals surface area contributed by atoms with Gasteiger partial charge in [0.1, 0.15) is 18.2 Å². The first-order valence-electron chi connectivity index (χ1n) is 22.5. The molecule has 0 radical (unpaired) electrons. The van der Waals surface area contributed by atoms with E-state index in [2.05, 4.69) is 90.2 Å². The summed E-state index contributed by atoms with van der Waals surface area (Å²) in [6, 6.07) is 29.4. The first-order valence-corrected chi connectivity index (χ1v) is 25.3. The largest absolute Gasteiger partial charge is 0.457 e. The number of fused-ring (bicyclic) bond motifs is 2. The Labute approximate surface area is 355 Å². The molecular weight excluding hydrogens is 755 g/mol. The zero-order valence-electron chi connectivity index (χ0n) is 36.5. The molecule has 59 heavy (non-hydrogen) atoms. The topological polar surface area (TPSA) is 103 Å². The van der Waals surface area contributed by atoms with Crippen molar-refractivity contribution in [3.63, 3.8) is 0 Å². The van der Waals surface area contributed by atoms with Gasteiger partial charge in [-0.05, 0) is 105 Å². The first kappa shape index (κ1) is 46.5. The van der Waals surface area contributed by atoms with Gasteiger partial charge in [0, 0.05) is 12.8 Å². The molecule has 2 N–H and O–H groups in total. The monoisotopic (exact) mass is 825 g/mol. The molecule has 9 heteroatoms. The van der Waals surface area contributed by atoms with Crippen LogP contribution in [-0.4, -0.2) is 68.9 Å². The predicted octanol–water partition coefficient (Wildman–Crippen LogP) is 10.5. The molecule has 1 unspecified atom stereocenters. The van der Waals surface area contributed by atoms with Crippen molar-refractivity contribution in [2.45, 2.75) is 173 Å². The second-order valence-electron chi connectivity index (χ2n) is 17.7. The van der Waals surface area contributed by atoms with Crippen LogP contribution in [-0.2, 0) is 41.1 Å². The molecule has 4 aromatic carbocycles. The minimum Gasteiger partial charge on any atom is -0.457 e. The summed E-state index contributed by atoms with van der Waals surface area (Å²) in [4.78, 5) is 26.8. The molecule has 8 nitrogen and oxygen atoms in total. The number of unbranched alkanes of at least 4 members (excludes halogenated alkanes) is 10. The maximum atomic E-state index is 13.4. The number of amides is 1.